The third kappa shape index (κ3) is 5.65. The Morgan fingerprint density at radius 2 is 1.93 bits per heavy atom. The standard InChI is InChI=1S/C29H29ClFN5O4/c30-21-3-1-20(23(31)14-21)17-40-28-27(32-8-9-33-28)18-5-10-35(11-6-18)16-26-34-24-4-2-19(29(37)38)13-25(24)36(26)15-22-7-12-39-22/h1-4,8-9,13-14,18,22H,5-7,10-12,15-17H2,(H,37,38)/p-1/t22-/m0/s1. The summed E-state index contributed by atoms with van der Waals surface area (Å²) in [6.45, 7) is 3.68. The number of carboxylic acid groups (broad SMARTS) is 1. The van der Waals surface area contributed by atoms with Gasteiger partial charge in [-0.25, -0.2) is 14.4 Å². The number of carboxylic acids is 1. The first-order valence-electron chi connectivity index (χ1n) is 13.4. The number of nitrogens with zero attached hydrogens (tertiary/aromatic N) is 5. The van der Waals surface area contributed by atoms with Crippen molar-refractivity contribution in [1.29, 1.82) is 0 Å². The topological polar surface area (TPSA) is 105 Å². The van der Waals surface area contributed by atoms with Crippen LogP contribution in [0.5, 0.6) is 5.88 Å². The third-order valence-electron chi connectivity index (χ3n) is 7.65. The van der Waals surface area contributed by atoms with E-state index in [1.165, 1.54) is 12.1 Å². The van der Waals surface area contributed by atoms with Crippen LogP contribution in [0.15, 0.2) is 48.8 Å². The molecule has 4 aromatic rings. The molecule has 0 radical (unpaired) electrons. The molecule has 2 aromatic heterocycles. The van der Waals surface area contributed by atoms with Gasteiger partial charge in [-0.1, -0.05) is 23.7 Å². The van der Waals surface area contributed by atoms with Gasteiger partial charge in [-0.3, -0.25) is 9.88 Å². The number of hydrogen-bond donors (Lipinski definition) is 0. The van der Waals surface area contributed by atoms with Gasteiger partial charge in [0.2, 0.25) is 5.88 Å². The Balaban J connectivity index is 1.14. The molecule has 1 atom stereocenters. The van der Waals surface area contributed by atoms with E-state index in [-0.39, 0.29) is 24.2 Å². The number of fused-ring (bicyclic) bond motifs is 1. The van der Waals surface area contributed by atoms with Crippen molar-refractivity contribution in [3.63, 3.8) is 0 Å². The van der Waals surface area contributed by atoms with Gasteiger partial charge in [-0.15, -0.1) is 0 Å². The van der Waals surface area contributed by atoms with Crippen LogP contribution >= 0.6 is 11.6 Å². The number of aromatic carboxylic acids is 1. The molecular formula is C29H28ClFN5O4-. The number of hydrogen-bond acceptors (Lipinski definition) is 8. The van der Waals surface area contributed by atoms with Gasteiger partial charge >= 0.3 is 0 Å². The molecule has 0 saturated carbocycles. The van der Waals surface area contributed by atoms with Gasteiger partial charge in [-0.05, 0) is 62.2 Å². The third-order valence-corrected chi connectivity index (χ3v) is 7.89. The van der Waals surface area contributed by atoms with Crippen molar-refractivity contribution in [2.75, 3.05) is 19.7 Å². The molecule has 2 aromatic carbocycles. The molecule has 4 heterocycles. The number of carbonyl (C=O) groups excluding carboxylic acids is 1. The Bertz CT molecular complexity index is 1530. The Morgan fingerprint density at radius 3 is 2.65 bits per heavy atom. The average molecular weight is 565 g/mol. The van der Waals surface area contributed by atoms with E-state index in [0.29, 0.717) is 29.6 Å². The molecule has 11 heteroatoms. The summed E-state index contributed by atoms with van der Waals surface area (Å²) in [5.74, 6) is -0.169. The van der Waals surface area contributed by atoms with Crippen LogP contribution < -0.4 is 9.84 Å². The van der Waals surface area contributed by atoms with Crippen LogP contribution in [0.2, 0.25) is 5.02 Å². The van der Waals surface area contributed by atoms with E-state index >= 15 is 0 Å². The predicted molar refractivity (Wildman–Crippen MR) is 143 cm³/mol. The number of likely N-dealkylation sites (tertiary alicyclic amines) is 1. The summed E-state index contributed by atoms with van der Waals surface area (Å²) in [5.41, 5.74) is 2.85. The monoisotopic (exact) mass is 564 g/mol. The van der Waals surface area contributed by atoms with E-state index in [2.05, 4.69) is 19.4 Å². The van der Waals surface area contributed by atoms with Gasteiger partial charge in [0.05, 0.1) is 36.2 Å². The van der Waals surface area contributed by atoms with Crippen molar-refractivity contribution in [1.82, 2.24) is 24.4 Å². The average Bonchev–Trinajstić information content (AvgIpc) is 3.26. The number of aromatic nitrogens is 4. The fourth-order valence-electron chi connectivity index (χ4n) is 5.33. The molecule has 0 N–H and O–H groups in total. The van der Waals surface area contributed by atoms with Crippen molar-refractivity contribution >= 4 is 28.6 Å². The largest absolute Gasteiger partial charge is 0.545 e. The number of halogens is 2. The second-order valence-electron chi connectivity index (χ2n) is 10.2. The van der Waals surface area contributed by atoms with Crippen LogP contribution in [0, 0.1) is 5.82 Å². The zero-order chi connectivity index (χ0) is 27.6. The molecule has 9 nitrogen and oxygen atoms in total. The minimum absolute atomic E-state index is 0.0358. The fraction of sp³-hybridized carbons (Fsp3) is 0.379. The molecule has 40 heavy (non-hydrogen) atoms. The van der Waals surface area contributed by atoms with Gasteiger partial charge in [0.15, 0.2) is 0 Å². The van der Waals surface area contributed by atoms with Crippen LogP contribution in [0.1, 0.15) is 52.6 Å². The number of rotatable bonds is 9. The number of piperidine rings is 1. The maximum Gasteiger partial charge on any atom is 0.236 e. The van der Waals surface area contributed by atoms with E-state index in [4.69, 9.17) is 26.1 Å². The lowest BCUT2D eigenvalue weighted by Crippen LogP contribution is -2.35. The molecule has 0 spiro atoms. The van der Waals surface area contributed by atoms with Crippen LogP contribution in [0.25, 0.3) is 11.0 Å². The van der Waals surface area contributed by atoms with E-state index < -0.39 is 11.8 Å². The zero-order valence-corrected chi connectivity index (χ0v) is 22.5. The summed E-state index contributed by atoms with van der Waals surface area (Å²) in [4.78, 5) is 27.6. The molecule has 2 aliphatic rings. The highest BCUT2D eigenvalue weighted by molar-refractivity contribution is 6.30. The van der Waals surface area contributed by atoms with Crippen molar-refractivity contribution in [2.24, 2.45) is 0 Å². The van der Waals surface area contributed by atoms with Crippen molar-refractivity contribution in [2.45, 2.75) is 51.0 Å². The summed E-state index contributed by atoms with van der Waals surface area (Å²) in [6, 6.07) is 9.41. The quantitative estimate of drug-likeness (QED) is 0.303. The Hall–Kier alpha value is -3.60. The molecule has 0 bridgehead atoms. The van der Waals surface area contributed by atoms with E-state index in [1.807, 2.05) is 0 Å². The van der Waals surface area contributed by atoms with E-state index in [9.17, 15) is 14.3 Å². The number of ether oxygens (including phenoxy) is 2. The van der Waals surface area contributed by atoms with Gasteiger partial charge in [0.25, 0.3) is 0 Å². The van der Waals surface area contributed by atoms with Gasteiger partial charge in [-0.2, -0.15) is 0 Å². The normalized spacial score (nSPS) is 18.1. The van der Waals surface area contributed by atoms with Crippen LogP contribution in [0.4, 0.5) is 4.39 Å². The second kappa shape index (κ2) is 11.5. The number of benzene rings is 2. The lowest BCUT2D eigenvalue weighted by atomic mass is 9.93. The Labute approximate surface area is 235 Å². The minimum Gasteiger partial charge on any atom is -0.545 e. The van der Waals surface area contributed by atoms with Gasteiger partial charge < -0.3 is 23.9 Å². The summed E-state index contributed by atoms with van der Waals surface area (Å²) < 4.78 is 27.9. The maximum absolute atomic E-state index is 14.2. The molecule has 2 saturated heterocycles. The molecular weight excluding hydrogens is 537 g/mol. The Kier molecular flexibility index (Phi) is 7.64. The first-order valence-corrected chi connectivity index (χ1v) is 13.7. The van der Waals surface area contributed by atoms with Crippen LogP contribution in [0.3, 0.4) is 0 Å². The molecule has 2 fully saturated rings. The van der Waals surface area contributed by atoms with Gasteiger partial charge in [0, 0.05) is 35.5 Å². The molecule has 0 amide bonds. The second-order valence-corrected chi connectivity index (χ2v) is 10.7. The van der Waals surface area contributed by atoms with E-state index in [1.54, 1.807) is 36.7 Å². The van der Waals surface area contributed by atoms with Crippen LogP contribution in [-0.2, 0) is 24.4 Å². The minimum atomic E-state index is -1.20. The molecule has 6 rings (SSSR count). The van der Waals surface area contributed by atoms with Crippen molar-refractivity contribution in [3.8, 4) is 5.88 Å². The fourth-order valence-corrected chi connectivity index (χ4v) is 5.49. The molecule has 2 aliphatic heterocycles. The van der Waals surface area contributed by atoms with Crippen LogP contribution in [-0.4, -0.2) is 56.2 Å². The highest BCUT2D eigenvalue weighted by atomic mass is 35.5. The highest BCUT2D eigenvalue weighted by Gasteiger charge is 2.27. The summed E-state index contributed by atoms with van der Waals surface area (Å²) in [7, 11) is 0. The van der Waals surface area contributed by atoms with E-state index in [0.717, 1.165) is 61.5 Å². The molecule has 208 valence electrons. The SMILES string of the molecule is O=C([O-])c1ccc2nc(CN3CCC(c4nccnc4OCc4ccc(Cl)cc4F)CC3)n(C[C@@H]3CCO3)c2c1. The molecule has 0 unspecified atom stereocenters. The summed E-state index contributed by atoms with van der Waals surface area (Å²) in [6.07, 6.45) is 6.01. The summed E-state index contributed by atoms with van der Waals surface area (Å²) in [5, 5.41) is 11.8. The lowest BCUT2D eigenvalue weighted by molar-refractivity contribution is -0.255. The molecule has 0 aliphatic carbocycles. The number of imidazole rings is 1. The van der Waals surface area contributed by atoms with Crippen molar-refractivity contribution in [3.05, 3.63) is 82.3 Å². The first kappa shape index (κ1) is 26.6. The smallest absolute Gasteiger partial charge is 0.236 e. The summed E-state index contributed by atoms with van der Waals surface area (Å²) >= 11 is 5.86. The van der Waals surface area contributed by atoms with Crippen molar-refractivity contribution < 1.29 is 23.8 Å². The zero-order valence-electron chi connectivity index (χ0n) is 21.8. The number of carbonyl (C=O) groups is 1. The lowest BCUT2D eigenvalue weighted by Gasteiger charge is -2.32. The first-order chi connectivity index (χ1) is 19.4. The van der Waals surface area contributed by atoms with Gasteiger partial charge in [0.1, 0.15) is 23.9 Å². The predicted octanol–water partition coefficient (Wildman–Crippen LogP) is 3.73. The highest BCUT2D eigenvalue weighted by Crippen LogP contribution is 2.33. The maximum atomic E-state index is 14.2. The Morgan fingerprint density at radius 1 is 1.12 bits per heavy atom.